The lowest BCUT2D eigenvalue weighted by molar-refractivity contribution is -0.314. The Hall–Kier alpha value is -2.94. The minimum absolute atomic E-state index is 0.0205. The topological polar surface area (TPSA) is 139 Å². The van der Waals surface area contributed by atoms with Gasteiger partial charge in [0, 0.05) is 17.2 Å². The number of halogens is 2. The molecule has 1 aliphatic rings. The summed E-state index contributed by atoms with van der Waals surface area (Å²) in [5.41, 5.74) is 2.89. The summed E-state index contributed by atoms with van der Waals surface area (Å²) in [6.45, 7) is 0.513. The number of methoxy groups -OCH3 is 1. The van der Waals surface area contributed by atoms with E-state index < -0.39 is 37.3 Å². The summed E-state index contributed by atoms with van der Waals surface area (Å²) >= 11 is 12.5. The Kier molecular flexibility index (Phi) is 9.96. The molecule has 0 aliphatic carbocycles. The molecule has 4 aromatic rings. The lowest BCUT2D eigenvalue weighted by atomic mass is 9.98. The highest BCUT2D eigenvalue weighted by Gasteiger charge is 2.47. The SMILES string of the molecule is COC1OC(CO)C(O)C(OCc2cn(Cc3ccccc3Cl)nn2)C1OCc1cn(Cc2ccccc2Cl)nn1. The minimum Gasteiger partial charge on any atom is -0.394 e. The third-order valence-corrected chi connectivity index (χ3v) is 7.37. The lowest BCUT2D eigenvalue weighted by Crippen LogP contribution is -2.60. The fourth-order valence-electron chi connectivity index (χ4n) is 4.53. The maximum Gasteiger partial charge on any atom is 0.186 e. The molecule has 2 aromatic heterocycles. The van der Waals surface area contributed by atoms with E-state index in [1.807, 2.05) is 48.5 Å². The third-order valence-electron chi connectivity index (χ3n) is 6.63. The van der Waals surface area contributed by atoms with Gasteiger partial charge < -0.3 is 29.2 Å². The molecular formula is C27H30Cl2N6O6. The molecule has 3 heterocycles. The first kappa shape index (κ1) is 29.5. The molecule has 5 unspecified atom stereocenters. The molecule has 218 valence electrons. The van der Waals surface area contributed by atoms with Crippen LogP contribution in [0.3, 0.4) is 0 Å². The van der Waals surface area contributed by atoms with Crippen LogP contribution in [0.15, 0.2) is 60.9 Å². The zero-order chi connectivity index (χ0) is 28.8. The molecule has 0 bridgehead atoms. The van der Waals surface area contributed by atoms with Gasteiger partial charge in [0.25, 0.3) is 0 Å². The van der Waals surface area contributed by atoms with Gasteiger partial charge >= 0.3 is 0 Å². The normalized spacial score (nSPS) is 22.7. The third kappa shape index (κ3) is 7.29. The first-order chi connectivity index (χ1) is 19.9. The molecule has 5 atom stereocenters. The van der Waals surface area contributed by atoms with E-state index in [0.29, 0.717) is 34.5 Å². The minimum atomic E-state index is -1.20. The Bertz CT molecular complexity index is 1420. The summed E-state index contributed by atoms with van der Waals surface area (Å²) < 4.78 is 26.7. The predicted molar refractivity (Wildman–Crippen MR) is 147 cm³/mol. The molecule has 5 rings (SSSR count). The number of ether oxygens (including phenoxy) is 4. The van der Waals surface area contributed by atoms with Crippen LogP contribution < -0.4 is 0 Å². The summed E-state index contributed by atoms with van der Waals surface area (Å²) in [6, 6.07) is 15.0. The fraction of sp³-hybridized carbons (Fsp3) is 0.407. The van der Waals surface area contributed by atoms with E-state index in [-0.39, 0.29) is 13.2 Å². The van der Waals surface area contributed by atoms with Crippen molar-refractivity contribution in [2.24, 2.45) is 0 Å². The van der Waals surface area contributed by atoms with Crippen molar-refractivity contribution in [1.82, 2.24) is 30.0 Å². The number of nitrogens with zero attached hydrogens (tertiary/aromatic N) is 6. The lowest BCUT2D eigenvalue weighted by Gasteiger charge is -2.43. The van der Waals surface area contributed by atoms with Crippen molar-refractivity contribution < 1.29 is 29.2 Å². The highest BCUT2D eigenvalue weighted by atomic mass is 35.5. The monoisotopic (exact) mass is 604 g/mol. The van der Waals surface area contributed by atoms with E-state index in [9.17, 15) is 10.2 Å². The van der Waals surface area contributed by atoms with Crippen LogP contribution in [0.25, 0.3) is 0 Å². The molecule has 2 aromatic carbocycles. The first-order valence-electron chi connectivity index (χ1n) is 12.9. The van der Waals surface area contributed by atoms with E-state index in [1.54, 1.807) is 21.8 Å². The number of rotatable bonds is 12. The highest BCUT2D eigenvalue weighted by molar-refractivity contribution is 6.31. The number of aromatic nitrogens is 6. The summed E-state index contributed by atoms with van der Waals surface area (Å²) in [4.78, 5) is 0. The second-order valence-electron chi connectivity index (χ2n) is 9.50. The van der Waals surface area contributed by atoms with Crippen molar-refractivity contribution in [2.75, 3.05) is 13.7 Å². The highest BCUT2D eigenvalue weighted by Crippen LogP contribution is 2.28. The van der Waals surface area contributed by atoms with Crippen LogP contribution in [0, 0.1) is 0 Å². The van der Waals surface area contributed by atoms with E-state index in [0.717, 1.165) is 11.1 Å². The van der Waals surface area contributed by atoms with Crippen LogP contribution in [-0.2, 0) is 45.3 Å². The molecule has 2 N–H and O–H groups in total. The van der Waals surface area contributed by atoms with E-state index in [2.05, 4.69) is 20.6 Å². The second kappa shape index (κ2) is 13.8. The number of hydrogen-bond acceptors (Lipinski definition) is 10. The largest absolute Gasteiger partial charge is 0.394 e. The zero-order valence-electron chi connectivity index (χ0n) is 22.2. The van der Waals surface area contributed by atoms with Crippen LogP contribution in [0.1, 0.15) is 22.5 Å². The Morgan fingerprint density at radius 2 is 1.34 bits per heavy atom. The molecule has 12 nitrogen and oxygen atoms in total. The number of hydrogen-bond donors (Lipinski definition) is 2. The van der Waals surface area contributed by atoms with Gasteiger partial charge in [-0.2, -0.15) is 0 Å². The van der Waals surface area contributed by atoms with Crippen LogP contribution >= 0.6 is 23.2 Å². The molecule has 0 amide bonds. The van der Waals surface area contributed by atoms with Gasteiger partial charge in [-0.15, -0.1) is 10.2 Å². The number of benzene rings is 2. The van der Waals surface area contributed by atoms with Crippen molar-refractivity contribution >= 4 is 23.2 Å². The summed E-state index contributed by atoms with van der Waals surface area (Å²) in [5.74, 6) is 0. The molecular weight excluding hydrogens is 575 g/mol. The van der Waals surface area contributed by atoms with Gasteiger partial charge in [0.1, 0.15) is 35.8 Å². The second-order valence-corrected chi connectivity index (χ2v) is 10.3. The smallest absolute Gasteiger partial charge is 0.186 e. The summed E-state index contributed by atoms with van der Waals surface area (Å²) in [6.07, 6.45) is -1.35. The zero-order valence-corrected chi connectivity index (χ0v) is 23.7. The van der Waals surface area contributed by atoms with Gasteiger partial charge in [0.15, 0.2) is 6.29 Å². The average molecular weight is 605 g/mol. The Labute approximate surface area is 246 Å². The van der Waals surface area contributed by atoms with E-state index in [1.165, 1.54) is 7.11 Å². The van der Waals surface area contributed by atoms with E-state index >= 15 is 0 Å². The summed E-state index contributed by atoms with van der Waals surface area (Å²) in [5, 5.41) is 38.7. The molecule has 14 heteroatoms. The molecule has 0 spiro atoms. The Morgan fingerprint density at radius 1 is 0.829 bits per heavy atom. The molecule has 0 radical (unpaired) electrons. The summed E-state index contributed by atoms with van der Waals surface area (Å²) in [7, 11) is 1.45. The molecule has 0 saturated carbocycles. The number of aliphatic hydroxyl groups excluding tert-OH is 2. The average Bonchev–Trinajstić information content (AvgIpc) is 3.63. The van der Waals surface area contributed by atoms with Crippen molar-refractivity contribution in [2.45, 2.75) is 57.0 Å². The van der Waals surface area contributed by atoms with Gasteiger partial charge in [-0.3, -0.25) is 0 Å². The van der Waals surface area contributed by atoms with Gasteiger partial charge in [-0.05, 0) is 23.3 Å². The van der Waals surface area contributed by atoms with Gasteiger partial charge in [-0.1, -0.05) is 70.0 Å². The molecule has 1 saturated heterocycles. The fourth-order valence-corrected chi connectivity index (χ4v) is 4.92. The maximum absolute atomic E-state index is 11.0. The predicted octanol–water partition coefficient (Wildman–Crippen LogP) is 2.47. The van der Waals surface area contributed by atoms with Crippen molar-refractivity contribution in [3.05, 3.63) is 93.5 Å². The molecule has 41 heavy (non-hydrogen) atoms. The van der Waals surface area contributed by atoms with Gasteiger partial charge in [0.05, 0.1) is 45.3 Å². The van der Waals surface area contributed by atoms with Gasteiger partial charge in [-0.25, -0.2) is 9.36 Å². The standard InChI is InChI=1S/C27H30Cl2N6O6/c1-38-27-26(40-16-20-13-35(33-31-20)11-18-7-3-5-9-22(18)29)25(24(37)23(14-36)41-27)39-15-19-12-34(32-30-19)10-17-6-2-4-8-21(17)28/h2-9,12-13,23-27,36-37H,10-11,14-16H2,1H3. The first-order valence-corrected chi connectivity index (χ1v) is 13.7. The molecule has 1 fully saturated rings. The van der Waals surface area contributed by atoms with Crippen molar-refractivity contribution in [1.29, 1.82) is 0 Å². The Morgan fingerprint density at radius 3 is 1.83 bits per heavy atom. The van der Waals surface area contributed by atoms with Crippen molar-refractivity contribution in [3.8, 4) is 0 Å². The van der Waals surface area contributed by atoms with Crippen LogP contribution in [0.5, 0.6) is 0 Å². The van der Waals surface area contributed by atoms with Crippen LogP contribution in [0.4, 0.5) is 0 Å². The van der Waals surface area contributed by atoms with Crippen LogP contribution in [0.2, 0.25) is 10.0 Å². The van der Waals surface area contributed by atoms with Crippen molar-refractivity contribution in [3.63, 3.8) is 0 Å². The van der Waals surface area contributed by atoms with Crippen LogP contribution in [-0.4, -0.2) is 84.6 Å². The number of aliphatic hydroxyl groups is 2. The van der Waals surface area contributed by atoms with E-state index in [4.69, 9.17) is 42.1 Å². The maximum atomic E-state index is 11.0. The molecule has 1 aliphatic heterocycles. The quantitative estimate of drug-likeness (QED) is 0.248. The Balaban J connectivity index is 1.24. The van der Waals surface area contributed by atoms with Gasteiger partial charge in [0.2, 0.25) is 0 Å².